The van der Waals surface area contributed by atoms with Crippen molar-refractivity contribution in [3.8, 4) is 0 Å². The zero-order chi connectivity index (χ0) is 18.9. The molecule has 0 spiro atoms. The van der Waals surface area contributed by atoms with E-state index in [2.05, 4.69) is 0 Å². The molecule has 25 heavy (non-hydrogen) atoms. The topological polar surface area (TPSA) is 89.5 Å². The monoisotopic (exact) mass is 375 g/mol. The van der Waals surface area contributed by atoms with Crippen molar-refractivity contribution < 1.29 is 23.0 Å². The van der Waals surface area contributed by atoms with Crippen LogP contribution in [0.4, 0.5) is 35.9 Å². The number of hydrogen-bond donors (Lipinski definition) is 0. The molecule has 0 heterocycles. The summed E-state index contributed by atoms with van der Waals surface area (Å²) in [6.45, 7) is 0. The largest absolute Gasteiger partial charge is 0.418 e. The van der Waals surface area contributed by atoms with Gasteiger partial charge >= 0.3 is 6.18 Å². The molecule has 0 amide bonds. The number of nitrogens with zero attached hydrogens (tertiary/aromatic N) is 3. The number of benzene rings is 2. The van der Waals surface area contributed by atoms with E-state index in [0.717, 1.165) is 11.9 Å². The van der Waals surface area contributed by atoms with Gasteiger partial charge < -0.3 is 4.90 Å². The average molecular weight is 376 g/mol. The zero-order valence-corrected chi connectivity index (χ0v) is 13.2. The third-order valence-electron chi connectivity index (χ3n) is 3.34. The Morgan fingerprint density at radius 1 is 1.08 bits per heavy atom. The Kier molecular flexibility index (Phi) is 4.84. The molecule has 0 aliphatic carbocycles. The zero-order valence-electron chi connectivity index (χ0n) is 12.5. The molecule has 7 nitrogen and oxygen atoms in total. The number of alkyl halides is 3. The molecule has 132 valence electrons. The number of hydrogen-bond acceptors (Lipinski definition) is 5. The molecule has 0 radical (unpaired) electrons. The van der Waals surface area contributed by atoms with E-state index < -0.39 is 38.6 Å². The van der Waals surface area contributed by atoms with E-state index in [0.29, 0.717) is 6.07 Å². The highest BCUT2D eigenvalue weighted by Gasteiger charge is 2.41. The van der Waals surface area contributed by atoms with Gasteiger partial charge in [0.25, 0.3) is 11.4 Å². The summed E-state index contributed by atoms with van der Waals surface area (Å²) in [5, 5.41) is 22.2. The summed E-state index contributed by atoms with van der Waals surface area (Å²) in [5.74, 6) is 0. The Labute approximate surface area is 143 Å². The van der Waals surface area contributed by atoms with E-state index in [-0.39, 0.29) is 16.8 Å². The van der Waals surface area contributed by atoms with Gasteiger partial charge in [-0.25, -0.2) is 0 Å². The molecule has 0 bridgehead atoms. The predicted octanol–water partition coefficient (Wildman–Crippen LogP) is 4.94. The molecule has 2 rings (SSSR count). The molecular formula is C14H9ClF3N3O4. The van der Waals surface area contributed by atoms with Crippen molar-refractivity contribution in [2.45, 2.75) is 6.18 Å². The summed E-state index contributed by atoms with van der Waals surface area (Å²) in [6, 6.07) is 6.54. The fraction of sp³-hybridized carbons (Fsp3) is 0.143. The number of nitro groups is 2. The minimum atomic E-state index is -5.05. The Hall–Kier alpha value is -2.88. The molecule has 0 N–H and O–H groups in total. The molecule has 0 aliphatic heterocycles. The summed E-state index contributed by atoms with van der Waals surface area (Å²) in [4.78, 5) is 20.7. The highest BCUT2D eigenvalue weighted by Crippen LogP contribution is 2.46. The quantitative estimate of drug-likeness (QED) is 0.557. The van der Waals surface area contributed by atoms with Crippen LogP contribution in [0.15, 0.2) is 36.4 Å². The van der Waals surface area contributed by atoms with Crippen molar-refractivity contribution in [1.29, 1.82) is 0 Å². The molecule has 0 aromatic heterocycles. The number of halogens is 4. The number of para-hydroxylation sites is 1. The van der Waals surface area contributed by atoms with E-state index in [4.69, 9.17) is 11.6 Å². The minimum Gasteiger partial charge on any atom is -0.337 e. The van der Waals surface area contributed by atoms with E-state index in [1.807, 2.05) is 0 Å². The fourth-order valence-electron chi connectivity index (χ4n) is 2.26. The maximum atomic E-state index is 13.4. The van der Waals surface area contributed by atoms with Crippen molar-refractivity contribution in [2.75, 3.05) is 11.9 Å². The second-order valence-corrected chi connectivity index (χ2v) is 5.29. The van der Waals surface area contributed by atoms with Gasteiger partial charge in [-0.2, -0.15) is 13.2 Å². The summed E-state index contributed by atoms with van der Waals surface area (Å²) in [5.41, 5.74) is -4.35. The highest BCUT2D eigenvalue weighted by atomic mass is 35.5. The van der Waals surface area contributed by atoms with Crippen LogP contribution in [-0.4, -0.2) is 16.9 Å². The summed E-state index contributed by atoms with van der Waals surface area (Å²) in [7, 11) is 1.16. The molecule has 0 fully saturated rings. The van der Waals surface area contributed by atoms with E-state index in [1.165, 1.54) is 24.3 Å². The number of non-ortho nitro benzene ring substituents is 1. The van der Waals surface area contributed by atoms with Gasteiger partial charge in [0.2, 0.25) is 0 Å². The van der Waals surface area contributed by atoms with E-state index in [9.17, 15) is 33.4 Å². The Bertz CT molecular complexity index is 858. The standard InChI is InChI=1S/C14H9ClF3N3O4/c1-19(11-5-3-2-4-10(11)15)13-9(14(16,17)18)6-8(20(22)23)7-12(13)21(24)25/h2-7H,1H3. The SMILES string of the molecule is CN(c1ccccc1Cl)c1c([N+](=O)[O-])cc([N+](=O)[O-])cc1C(F)(F)F. The van der Waals surface area contributed by atoms with Gasteiger partial charge in [-0.15, -0.1) is 0 Å². The van der Waals surface area contributed by atoms with E-state index >= 15 is 0 Å². The second-order valence-electron chi connectivity index (χ2n) is 4.88. The average Bonchev–Trinajstić information content (AvgIpc) is 2.52. The summed E-state index contributed by atoms with van der Waals surface area (Å²) >= 11 is 5.95. The van der Waals surface area contributed by atoms with Crippen LogP contribution in [0.1, 0.15) is 5.56 Å². The van der Waals surface area contributed by atoms with Gasteiger partial charge in [-0.1, -0.05) is 23.7 Å². The molecule has 2 aromatic rings. The first-order chi connectivity index (χ1) is 11.5. The Morgan fingerprint density at radius 3 is 2.16 bits per heavy atom. The number of nitro benzene ring substituents is 2. The fourth-order valence-corrected chi connectivity index (χ4v) is 2.52. The lowest BCUT2D eigenvalue weighted by Gasteiger charge is -2.24. The van der Waals surface area contributed by atoms with Crippen molar-refractivity contribution in [1.82, 2.24) is 0 Å². The lowest BCUT2D eigenvalue weighted by Crippen LogP contribution is -2.19. The Morgan fingerprint density at radius 2 is 1.68 bits per heavy atom. The second kappa shape index (κ2) is 6.55. The van der Waals surface area contributed by atoms with Crippen LogP contribution in [-0.2, 0) is 6.18 Å². The van der Waals surface area contributed by atoms with Gasteiger partial charge in [-0.05, 0) is 12.1 Å². The highest BCUT2D eigenvalue weighted by molar-refractivity contribution is 6.33. The van der Waals surface area contributed by atoms with Crippen molar-refractivity contribution >= 4 is 34.4 Å². The normalized spacial score (nSPS) is 11.2. The van der Waals surface area contributed by atoms with Crippen LogP contribution in [0, 0.1) is 20.2 Å². The Balaban J connectivity index is 2.85. The number of anilines is 2. The lowest BCUT2D eigenvalue weighted by atomic mass is 10.1. The summed E-state index contributed by atoms with van der Waals surface area (Å²) in [6.07, 6.45) is -5.05. The maximum Gasteiger partial charge on any atom is 0.418 e. The molecule has 0 unspecified atom stereocenters. The number of rotatable bonds is 4. The van der Waals surface area contributed by atoms with Gasteiger partial charge in [0.1, 0.15) is 5.69 Å². The first kappa shape index (κ1) is 18.5. The van der Waals surface area contributed by atoms with Crippen molar-refractivity contribution in [3.63, 3.8) is 0 Å². The molecule has 0 saturated heterocycles. The van der Waals surface area contributed by atoms with Crippen LogP contribution in [0.2, 0.25) is 5.02 Å². The van der Waals surface area contributed by atoms with Gasteiger partial charge in [-0.3, -0.25) is 20.2 Å². The van der Waals surface area contributed by atoms with Crippen LogP contribution < -0.4 is 4.90 Å². The molecule has 0 aliphatic rings. The molecule has 11 heteroatoms. The van der Waals surface area contributed by atoms with E-state index in [1.54, 1.807) is 0 Å². The van der Waals surface area contributed by atoms with Crippen LogP contribution in [0.3, 0.4) is 0 Å². The first-order valence-corrected chi connectivity index (χ1v) is 6.94. The summed E-state index contributed by atoms with van der Waals surface area (Å²) < 4.78 is 40.2. The minimum absolute atomic E-state index is 0.0609. The third kappa shape index (κ3) is 3.63. The van der Waals surface area contributed by atoms with Gasteiger partial charge in [0.15, 0.2) is 0 Å². The first-order valence-electron chi connectivity index (χ1n) is 6.56. The molecule has 0 atom stereocenters. The molecular weight excluding hydrogens is 367 g/mol. The lowest BCUT2D eigenvalue weighted by molar-refractivity contribution is -0.394. The van der Waals surface area contributed by atoms with Crippen LogP contribution >= 0.6 is 11.6 Å². The van der Waals surface area contributed by atoms with Crippen molar-refractivity contribution in [3.05, 3.63) is 67.2 Å². The van der Waals surface area contributed by atoms with Crippen LogP contribution in [0.25, 0.3) is 0 Å². The molecule has 2 aromatic carbocycles. The predicted molar refractivity (Wildman–Crippen MR) is 84.3 cm³/mol. The van der Waals surface area contributed by atoms with Crippen LogP contribution in [0.5, 0.6) is 0 Å². The smallest absolute Gasteiger partial charge is 0.337 e. The van der Waals surface area contributed by atoms with Gasteiger partial charge in [0.05, 0.1) is 32.2 Å². The molecule has 0 saturated carbocycles. The van der Waals surface area contributed by atoms with Crippen molar-refractivity contribution in [2.24, 2.45) is 0 Å². The third-order valence-corrected chi connectivity index (χ3v) is 3.66. The maximum absolute atomic E-state index is 13.4. The van der Waals surface area contributed by atoms with Gasteiger partial charge in [0, 0.05) is 13.1 Å².